The topological polar surface area (TPSA) is 15.3 Å². The zero-order valence-corrected chi connectivity index (χ0v) is 12.6. The minimum atomic E-state index is 0.800. The molecule has 1 saturated carbocycles. The highest BCUT2D eigenvalue weighted by Crippen LogP contribution is 2.24. The summed E-state index contributed by atoms with van der Waals surface area (Å²) in [5.74, 6) is 1.76. The summed E-state index contributed by atoms with van der Waals surface area (Å²) in [6.07, 6.45) is 8.49. The summed E-state index contributed by atoms with van der Waals surface area (Å²) in [7, 11) is 0. The molecular formula is C16H32N2. The van der Waals surface area contributed by atoms with Crippen LogP contribution in [0.15, 0.2) is 0 Å². The minimum Gasteiger partial charge on any atom is -0.313 e. The van der Waals surface area contributed by atoms with Crippen molar-refractivity contribution in [1.82, 2.24) is 10.2 Å². The molecule has 2 heteroatoms. The predicted molar refractivity (Wildman–Crippen MR) is 78.9 cm³/mol. The summed E-state index contributed by atoms with van der Waals surface area (Å²) >= 11 is 0. The van der Waals surface area contributed by atoms with E-state index in [1.54, 1.807) is 0 Å². The van der Waals surface area contributed by atoms with Gasteiger partial charge < -0.3 is 5.32 Å². The van der Waals surface area contributed by atoms with Crippen LogP contribution in [-0.2, 0) is 0 Å². The first kappa shape index (κ1) is 14.3. The van der Waals surface area contributed by atoms with Crippen LogP contribution in [0.2, 0.25) is 0 Å². The molecule has 1 N–H and O–H groups in total. The number of hydrogen-bond acceptors (Lipinski definition) is 2. The van der Waals surface area contributed by atoms with Crippen LogP contribution in [0, 0.1) is 11.8 Å². The third-order valence-corrected chi connectivity index (χ3v) is 4.95. The summed E-state index contributed by atoms with van der Waals surface area (Å²) in [6, 6.07) is 1.64. The van der Waals surface area contributed by atoms with Crippen molar-refractivity contribution in [1.29, 1.82) is 0 Å². The number of rotatable bonds is 5. The molecule has 0 aromatic carbocycles. The highest BCUT2D eigenvalue weighted by atomic mass is 15.2. The van der Waals surface area contributed by atoms with Gasteiger partial charge in [0.2, 0.25) is 0 Å². The summed E-state index contributed by atoms with van der Waals surface area (Å²) in [5.41, 5.74) is 0. The fourth-order valence-corrected chi connectivity index (χ4v) is 3.92. The maximum atomic E-state index is 3.80. The fraction of sp³-hybridized carbons (Fsp3) is 1.00. The fourth-order valence-electron chi connectivity index (χ4n) is 3.92. The Kier molecular flexibility index (Phi) is 5.50. The second-order valence-corrected chi connectivity index (χ2v) is 6.91. The van der Waals surface area contributed by atoms with Crippen molar-refractivity contribution >= 4 is 0 Å². The Balaban J connectivity index is 1.65. The van der Waals surface area contributed by atoms with Crippen LogP contribution >= 0.6 is 0 Å². The molecule has 2 rings (SSSR count). The summed E-state index contributed by atoms with van der Waals surface area (Å²) in [6.45, 7) is 10.9. The second-order valence-electron chi connectivity index (χ2n) is 6.91. The van der Waals surface area contributed by atoms with E-state index in [1.165, 1.54) is 58.2 Å². The van der Waals surface area contributed by atoms with Gasteiger partial charge in [0, 0.05) is 25.2 Å². The van der Waals surface area contributed by atoms with Crippen molar-refractivity contribution in [3.63, 3.8) is 0 Å². The van der Waals surface area contributed by atoms with Gasteiger partial charge in [-0.1, -0.05) is 33.6 Å². The lowest BCUT2D eigenvalue weighted by molar-refractivity contribution is 0.199. The first-order valence-electron chi connectivity index (χ1n) is 8.14. The average molecular weight is 252 g/mol. The highest BCUT2D eigenvalue weighted by Gasteiger charge is 2.26. The smallest absolute Gasteiger partial charge is 0.0119 e. The Bertz CT molecular complexity index is 239. The molecule has 2 aliphatic rings. The molecule has 18 heavy (non-hydrogen) atoms. The van der Waals surface area contributed by atoms with Gasteiger partial charge in [0.1, 0.15) is 0 Å². The Hall–Kier alpha value is -0.0800. The summed E-state index contributed by atoms with van der Waals surface area (Å²) in [5, 5.41) is 3.80. The van der Waals surface area contributed by atoms with Gasteiger partial charge in [-0.25, -0.2) is 0 Å². The van der Waals surface area contributed by atoms with E-state index in [4.69, 9.17) is 0 Å². The van der Waals surface area contributed by atoms with Crippen LogP contribution in [-0.4, -0.2) is 36.6 Å². The van der Waals surface area contributed by atoms with Gasteiger partial charge in [0.15, 0.2) is 0 Å². The summed E-state index contributed by atoms with van der Waals surface area (Å²) in [4.78, 5) is 2.71. The molecule has 1 heterocycles. The largest absolute Gasteiger partial charge is 0.313 e. The number of nitrogens with zero attached hydrogens (tertiary/aromatic N) is 1. The molecule has 0 spiro atoms. The van der Waals surface area contributed by atoms with Crippen LogP contribution in [0.4, 0.5) is 0 Å². The molecule has 1 aliphatic carbocycles. The first-order valence-corrected chi connectivity index (χ1v) is 8.14. The molecule has 2 fully saturated rings. The number of hydrogen-bond donors (Lipinski definition) is 1. The maximum Gasteiger partial charge on any atom is 0.0119 e. The van der Waals surface area contributed by atoms with Crippen LogP contribution < -0.4 is 5.32 Å². The lowest BCUT2D eigenvalue weighted by atomic mass is 9.87. The van der Waals surface area contributed by atoms with E-state index in [9.17, 15) is 0 Å². The minimum absolute atomic E-state index is 0.800. The summed E-state index contributed by atoms with van der Waals surface area (Å²) < 4.78 is 0. The van der Waals surface area contributed by atoms with E-state index in [-0.39, 0.29) is 0 Å². The van der Waals surface area contributed by atoms with Gasteiger partial charge in [-0.05, 0) is 44.1 Å². The number of likely N-dealkylation sites (tertiary alicyclic amines) is 1. The predicted octanol–water partition coefficient (Wildman–Crippen LogP) is 3.28. The van der Waals surface area contributed by atoms with E-state index in [2.05, 4.69) is 31.0 Å². The lowest BCUT2D eigenvalue weighted by Crippen LogP contribution is -2.42. The lowest BCUT2D eigenvalue weighted by Gasteiger charge is -2.30. The molecule has 0 aromatic rings. The van der Waals surface area contributed by atoms with Gasteiger partial charge in [0.25, 0.3) is 0 Å². The molecule has 0 bridgehead atoms. The van der Waals surface area contributed by atoms with Crippen LogP contribution in [0.3, 0.4) is 0 Å². The highest BCUT2D eigenvalue weighted by molar-refractivity contribution is 4.83. The van der Waals surface area contributed by atoms with Gasteiger partial charge in [-0.3, -0.25) is 4.90 Å². The monoisotopic (exact) mass is 252 g/mol. The van der Waals surface area contributed by atoms with Crippen molar-refractivity contribution in [2.75, 3.05) is 19.6 Å². The van der Waals surface area contributed by atoms with E-state index in [0.29, 0.717) is 0 Å². The molecule has 1 saturated heterocycles. The second kappa shape index (κ2) is 6.91. The molecule has 0 aromatic heterocycles. The van der Waals surface area contributed by atoms with E-state index in [1.807, 2.05) is 0 Å². The SMILES string of the molecule is CC1CCCC(NCCN2CCCC2C(C)C)C1. The molecule has 0 radical (unpaired) electrons. The van der Waals surface area contributed by atoms with Gasteiger partial charge in [-0.2, -0.15) is 0 Å². The Morgan fingerprint density at radius 3 is 2.72 bits per heavy atom. The van der Waals surface area contributed by atoms with Gasteiger partial charge in [-0.15, -0.1) is 0 Å². The molecule has 3 unspecified atom stereocenters. The van der Waals surface area contributed by atoms with E-state index in [0.717, 1.165) is 23.9 Å². The van der Waals surface area contributed by atoms with Crippen molar-refractivity contribution in [2.45, 2.75) is 71.4 Å². The third-order valence-electron chi connectivity index (χ3n) is 4.95. The maximum absolute atomic E-state index is 3.80. The Morgan fingerprint density at radius 2 is 2.00 bits per heavy atom. The molecular weight excluding hydrogens is 220 g/mol. The Morgan fingerprint density at radius 1 is 1.17 bits per heavy atom. The van der Waals surface area contributed by atoms with Crippen LogP contribution in [0.5, 0.6) is 0 Å². The normalized spacial score (nSPS) is 34.3. The van der Waals surface area contributed by atoms with Crippen molar-refractivity contribution < 1.29 is 0 Å². The zero-order valence-electron chi connectivity index (χ0n) is 12.6. The van der Waals surface area contributed by atoms with E-state index >= 15 is 0 Å². The molecule has 106 valence electrons. The molecule has 3 atom stereocenters. The average Bonchev–Trinajstić information content (AvgIpc) is 2.77. The first-order chi connectivity index (χ1) is 8.66. The number of nitrogens with one attached hydrogen (secondary N) is 1. The Labute approximate surface area is 114 Å². The van der Waals surface area contributed by atoms with Crippen molar-refractivity contribution in [3.05, 3.63) is 0 Å². The van der Waals surface area contributed by atoms with Crippen molar-refractivity contribution in [3.8, 4) is 0 Å². The van der Waals surface area contributed by atoms with Crippen molar-refractivity contribution in [2.24, 2.45) is 11.8 Å². The van der Waals surface area contributed by atoms with Gasteiger partial charge >= 0.3 is 0 Å². The van der Waals surface area contributed by atoms with Crippen LogP contribution in [0.1, 0.15) is 59.3 Å². The standard InChI is InChI=1S/C16H32N2/c1-13(2)16-8-5-10-18(16)11-9-17-15-7-4-6-14(3)12-15/h13-17H,4-12H2,1-3H3. The third kappa shape index (κ3) is 3.96. The zero-order chi connectivity index (χ0) is 13.0. The molecule has 2 nitrogen and oxygen atoms in total. The quantitative estimate of drug-likeness (QED) is 0.808. The van der Waals surface area contributed by atoms with Gasteiger partial charge in [0.05, 0.1) is 0 Å². The molecule has 0 amide bonds. The molecule has 1 aliphatic heterocycles. The van der Waals surface area contributed by atoms with E-state index < -0.39 is 0 Å². The van der Waals surface area contributed by atoms with Crippen LogP contribution in [0.25, 0.3) is 0 Å².